The highest BCUT2D eigenvalue weighted by Gasteiger charge is 2.27. The Bertz CT molecular complexity index is 904. The van der Waals surface area contributed by atoms with Crippen molar-refractivity contribution >= 4 is 10.0 Å². The van der Waals surface area contributed by atoms with Crippen LogP contribution in [0, 0.1) is 0 Å². The van der Waals surface area contributed by atoms with Gasteiger partial charge in [0.1, 0.15) is 19.8 Å². The molecule has 2 heterocycles. The molecule has 2 aliphatic rings. The highest BCUT2D eigenvalue weighted by molar-refractivity contribution is 7.89. The fraction of sp³-hybridized carbons (Fsp3) is 0.400. The van der Waals surface area contributed by atoms with E-state index in [4.69, 9.17) is 14.2 Å². The van der Waals surface area contributed by atoms with Crippen molar-refractivity contribution in [3.63, 3.8) is 0 Å². The molecule has 2 aromatic carbocycles. The second-order valence-electron chi connectivity index (χ2n) is 6.85. The quantitative estimate of drug-likeness (QED) is 0.760. The minimum absolute atomic E-state index is 0.0913. The van der Waals surface area contributed by atoms with E-state index in [0.717, 1.165) is 13.0 Å². The van der Waals surface area contributed by atoms with Crippen LogP contribution in [0.5, 0.6) is 17.2 Å². The van der Waals surface area contributed by atoms with Gasteiger partial charge >= 0.3 is 0 Å². The SMILES string of the molecule is O=S(=O)(NC1CCN(CCOc2cccc3c2OCCO3)C1)c1ccccc1. The second-order valence-corrected chi connectivity index (χ2v) is 8.56. The van der Waals surface area contributed by atoms with Gasteiger partial charge in [-0.3, -0.25) is 4.90 Å². The van der Waals surface area contributed by atoms with Crippen LogP contribution in [0.25, 0.3) is 0 Å². The smallest absolute Gasteiger partial charge is 0.240 e. The molecule has 0 saturated carbocycles. The lowest BCUT2D eigenvalue weighted by molar-refractivity contribution is 0.158. The molecule has 7 nitrogen and oxygen atoms in total. The van der Waals surface area contributed by atoms with Gasteiger partial charge in [-0.15, -0.1) is 0 Å². The van der Waals surface area contributed by atoms with E-state index < -0.39 is 10.0 Å². The molecular formula is C20H24N2O5S. The van der Waals surface area contributed by atoms with Crippen LogP contribution in [-0.4, -0.2) is 58.8 Å². The predicted molar refractivity (Wildman–Crippen MR) is 105 cm³/mol. The number of nitrogens with zero attached hydrogens (tertiary/aromatic N) is 1. The Morgan fingerprint density at radius 1 is 1.07 bits per heavy atom. The van der Waals surface area contributed by atoms with Gasteiger partial charge in [0.05, 0.1) is 4.90 Å². The van der Waals surface area contributed by atoms with Gasteiger partial charge in [-0.1, -0.05) is 24.3 Å². The molecular weight excluding hydrogens is 380 g/mol. The third kappa shape index (κ3) is 4.40. The van der Waals surface area contributed by atoms with Crippen molar-refractivity contribution in [1.29, 1.82) is 0 Å². The van der Waals surface area contributed by atoms with Gasteiger partial charge in [0, 0.05) is 19.1 Å². The Morgan fingerprint density at radius 3 is 2.75 bits per heavy atom. The zero-order valence-electron chi connectivity index (χ0n) is 15.5. The molecule has 0 amide bonds. The van der Waals surface area contributed by atoms with Crippen molar-refractivity contribution in [2.24, 2.45) is 0 Å². The fourth-order valence-electron chi connectivity index (χ4n) is 3.46. The molecule has 0 aliphatic carbocycles. The molecule has 2 aliphatic heterocycles. The van der Waals surface area contributed by atoms with Crippen LogP contribution < -0.4 is 18.9 Å². The third-order valence-corrected chi connectivity index (χ3v) is 6.38. The van der Waals surface area contributed by atoms with Crippen molar-refractivity contribution < 1.29 is 22.6 Å². The molecule has 0 spiro atoms. The summed E-state index contributed by atoms with van der Waals surface area (Å²) in [6.07, 6.45) is 0.781. The average Bonchev–Trinajstić information content (AvgIpc) is 3.15. The lowest BCUT2D eigenvalue weighted by Crippen LogP contribution is -2.37. The molecule has 28 heavy (non-hydrogen) atoms. The summed E-state index contributed by atoms with van der Waals surface area (Å²) < 4.78 is 44.8. The first kappa shape index (κ1) is 19.0. The van der Waals surface area contributed by atoms with Gasteiger partial charge in [0.25, 0.3) is 0 Å². The summed E-state index contributed by atoms with van der Waals surface area (Å²) in [5.41, 5.74) is 0. The zero-order chi connectivity index (χ0) is 19.4. The topological polar surface area (TPSA) is 77.1 Å². The third-order valence-electron chi connectivity index (χ3n) is 4.84. The number of fused-ring (bicyclic) bond motifs is 1. The van der Waals surface area contributed by atoms with E-state index in [1.807, 2.05) is 18.2 Å². The van der Waals surface area contributed by atoms with E-state index in [0.29, 0.717) is 55.1 Å². The van der Waals surface area contributed by atoms with E-state index in [2.05, 4.69) is 9.62 Å². The molecule has 8 heteroatoms. The van der Waals surface area contributed by atoms with E-state index in [9.17, 15) is 8.42 Å². The van der Waals surface area contributed by atoms with Crippen LogP contribution >= 0.6 is 0 Å². The first-order valence-electron chi connectivity index (χ1n) is 9.43. The van der Waals surface area contributed by atoms with Crippen LogP contribution in [-0.2, 0) is 10.0 Å². The maximum Gasteiger partial charge on any atom is 0.240 e. The van der Waals surface area contributed by atoms with Crippen LogP contribution in [0.3, 0.4) is 0 Å². The Kier molecular flexibility index (Phi) is 5.70. The number of sulfonamides is 1. The molecule has 1 fully saturated rings. The number of para-hydroxylation sites is 1. The summed E-state index contributed by atoms with van der Waals surface area (Å²) in [6, 6.07) is 14.0. The molecule has 1 unspecified atom stereocenters. The molecule has 0 aromatic heterocycles. The number of likely N-dealkylation sites (tertiary alicyclic amines) is 1. The lowest BCUT2D eigenvalue weighted by atomic mass is 10.3. The van der Waals surface area contributed by atoms with Crippen LogP contribution in [0.2, 0.25) is 0 Å². The lowest BCUT2D eigenvalue weighted by Gasteiger charge is -2.22. The first-order valence-corrected chi connectivity index (χ1v) is 10.9. The number of ether oxygens (including phenoxy) is 3. The highest BCUT2D eigenvalue weighted by Crippen LogP contribution is 2.38. The molecule has 1 N–H and O–H groups in total. The van der Waals surface area contributed by atoms with Crippen molar-refractivity contribution in [3.8, 4) is 17.2 Å². The number of benzene rings is 2. The van der Waals surface area contributed by atoms with Crippen LogP contribution in [0.1, 0.15) is 6.42 Å². The van der Waals surface area contributed by atoms with Gasteiger partial charge in [-0.25, -0.2) is 13.1 Å². The summed E-state index contributed by atoms with van der Waals surface area (Å²) in [5, 5.41) is 0. The summed E-state index contributed by atoms with van der Waals surface area (Å²) in [4.78, 5) is 2.50. The molecule has 2 aromatic rings. The standard InChI is InChI=1S/C20H24N2O5S/c23-28(24,17-5-2-1-3-6-17)21-16-9-10-22(15-16)11-12-25-18-7-4-8-19-20(18)27-14-13-26-19/h1-8,16,21H,9-15H2. The Balaban J connectivity index is 1.27. The minimum atomic E-state index is -3.48. The van der Waals surface area contributed by atoms with E-state index in [1.54, 1.807) is 30.3 Å². The number of rotatable bonds is 7. The van der Waals surface area contributed by atoms with Gasteiger partial charge in [0.2, 0.25) is 15.8 Å². The Labute approximate surface area is 165 Å². The predicted octanol–water partition coefficient (Wildman–Crippen LogP) is 1.89. The summed E-state index contributed by atoms with van der Waals surface area (Å²) in [5.74, 6) is 2.04. The molecule has 4 rings (SSSR count). The van der Waals surface area contributed by atoms with Crippen molar-refractivity contribution in [2.75, 3.05) is 39.5 Å². The average molecular weight is 404 g/mol. The normalized spacial score (nSPS) is 19.5. The van der Waals surface area contributed by atoms with Gasteiger partial charge < -0.3 is 14.2 Å². The number of nitrogens with one attached hydrogen (secondary N) is 1. The molecule has 1 atom stereocenters. The van der Waals surface area contributed by atoms with Gasteiger partial charge in [-0.2, -0.15) is 0 Å². The fourth-order valence-corrected chi connectivity index (χ4v) is 4.75. The van der Waals surface area contributed by atoms with Crippen molar-refractivity contribution in [3.05, 3.63) is 48.5 Å². The minimum Gasteiger partial charge on any atom is -0.488 e. The second kappa shape index (κ2) is 8.38. The number of hydrogen-bond acceptors (Lipinski definition) is 6. The molecule has 0 bridgehead atoms. The van der Waals surface area contributed by atoms with Gasteiger partial charge in [0.15, 0.2) is 11.5 Å². The first-order chi connectivity index (χ1) is 13.6. The maximum atomic E-state index is 12.5. The summed E-state index contributed by atoms with van der Waals surface area (Å²) in [6.45, 7) is 3.78. The monoisotopic (exact) mass is 404 g/mol. The van der Waals surface area contributed by atoms with E-state index in [1.165, 1.54) is 0 Å². The maximum absolute atomic E-state index is 12.5. The van der Waals surface area contributed by atoms with E-state index >= 15 is 0 Å². The number of hydrogen-bond donors (Lipinski definition) is 1. The largest absolute Gasteiger partial charge is 0.488 e. The van der Waals surface area contributed by atoms with Crippen LogP contribution in [0.4, 0.5) is 0 Å². The van der Waals surface area contributed by atoms with Crippen LogP contribution in [0.15, 0.2) is 53.4 Å². The molecule has 1 saturated heterocycles. The van der Waals surface area contributed by atoms with Gasteiger partial charge in [-0.05, 0) is 37.2 Å². The molecule has 0 radical (unpaired) electrons. The highest BCUT2D eigenvalue weighted by atomic mass is 32.2. The van der Waals surface area contributed by atoms with Crippen molar-refractivity contribution in [2.45, 2.75) is 17.4 Å². The van der Waals surface area contributed by atoms with E-state index in [-0.39, 0.29) is 6.04 Å². The molecule has 150 valence electrons. The Morgan fingerprint density at radius 2 is 1.89 bits per heavy atom. The summed E-state index contributed by atoms with van der Waals surface area (Å²) >= 11 is 0. The zero-order valence-corrected chi connectivity index (χ0v) is 16.4. The van der Waals surface area contributed by atoms with Crippen molar-refractivity contribution in [1.82, 2.24) is 9.62 Å². The summed E-state index contributed by atoms with van der Waals surface area (Å²) in [7, 11) is -3.48. The Hall–Kier alpha value is -2.29.